The Balaban J connectivity index is 1.18. The van der Waals surface area contributed by atoms with Gasteiger partial charge in [0.25, 0.3) is 0 Å². The van der Waals surface area contributed by atoms with Crippen LogP contribution in [0.5, 0.6) is 0 Å². The summed E-state index contributed by atoms with van der Waals surface area (Å²) >= 11 is 0. The molecule has 0 bridgehead atoms. The van der Waals surface area contributed by atoms with Crippen molar-refractivity contribution in [3.63, 3.8) is 0 Å². The molecule has 0 saturated carbocycles. The summed E-state index contributed by atoms with van der Waals surface area (Å²) in [7, 11) is 0. The van der Waals surface area contributed by atoms with E-state index in [1.807, 2.05) is 115 Å². The molecule has 2 heterocycles. The van der Waals surface area contributed by atoms with Crippen LogP contribution in [0.2, 0.25) is 0 Å². The summed E-state index contributed by atoms with van der Waals surface area (Å²) in [6, 6.07) is 40.1. The predicted molar refractivity (Wildman–Crippen MR) is 227 cm³/mol. The standard InChI is InChI=1S/C52H30O2/c1-2-14-33-31(12-1)13-11-22-37(33)49-38-17-5-7-19-40(38)50(41-20-8-6-18-39(41)49)42-27-26-34(35-15-3-4-16-36(35)42)32-24-25-44-48(30-32)54-47-29-28-46-51(52(44)47)43-21-9-10-23-45(43)53-46/h1-30H/i5D,6D,7D,8D,17D,18D,19D,20D. The molecule has 0 atom stereocenters. The monoisotopic (exact) mass is 694 g/mol. The number of furan rings is 2. The third kappa shape index (κ3) is 4.11. The second-order valence-corrected chi connectivity index (χ2v) is 13.7. The molecule has 0 fully saturated rings. The van der Waals surface area contributed by atoms with Crippen LogP contribution < -0.4 is 0 Å². The van der Waals surface area contributed by atoms with Gasteiger partial charge < -0.3 is 8.83 Å². The lowest BCUT2D eigenvalue weighted by atomic mass is 9.83. The second kappa shape index (κ2) is 11.2. The molecule has 0 amide bonds. The molecule has 10 aromatic carbocycles. The Morgan fingerprint density at radius 1 is 0.333 bits per heavy atom. The fourth-order valence-electron chi connectivity index (χ4n) is 8.63. The summed E-state index contributed by atoms with van der Waals surface area (Å²) in [6.07, 6.45) is 0. The van der Waals surface area contributed by atoms with E-state index >= 15 is 0 Å². The van der Waals surface area contributed by atoms with Crippen LogP contribution in [0.15, 0.2) is 191 Å². The molecule has 0 N–H and O–H groups in total. The second-order valence-electron chi connectivity index (χ2n) is 13.7. The van der Waals surface area contributed by atoms with Crippen molar-refractivity contribution in [1.82, 2.24) is 0 Å². The molecule has 12 aromatic rings. The van der Waals surface area contributed by atoms with E-state index < -0.39 is 24.2 Å². The molecule has 0 aliphatic carbocycles. The molecule has 12 rings (SSSR count). The molecule has 0 aliphatic rings. The highest BCUT2D eigenvalue weighted by molar-refractivity contribution is 6.27. The Morgan fingerprint density at radius 2 is 0.833 bits per heavy atom. The maximum absolute atomic E-state index is 9.53. The first kappa shape index (κ1) is 22.7. The highest BCUT2D eigenvalue weighted by atomic mass is 16.3. The van der Waals surface area contributed by atoms with Gasteiger partial charge in [0.15, 0.2) is 0 Å². The van der Waals surface area contributed by atoms with E-state index in [0.29, 0.717) is 27.8 Å². The maximum atomic E-state index is 9.53. The van der Waals surface area contributed by atoms with Crippen LogP contribution in [-0.4, -0.2) is 0 Å². The third-order valence-electron chi connectivity index (χ3n) is 10.9. The molecular formula is C52H30O2. The normalized spacial score (nSPS) is 14.1. The van der Waals surface area contributed by atoms with Gasteiger partial charge in [-0.3, -0.25) is 0 Å². The number of rotatable bonds is 3. The minimum atomic E-state index is -0.437. The summed E-state index contributed by atoms with van der Waals surface area (Å²) in [5, 5.41) is 7.90. The number of fused-ring (bicyclic) bond motifs is 11. The van der Waals surface area contributed by atoms with Crippen molar-refractivity contribution in [2.24, 2.45) is 0 Å². The zero-order chi connectivity index (χ0) is 42.3. The van der Waals surface area contributed by atoms with E-state index in [9.17, 15) is 5.48 Å². The Hall–Kier alpha value is -7.16. The lowest BCUT2D eigenvalue weighted by Gasteiger charge is -2.20. The van der Waals surface area contributed by atoms with Gasteiger partial charge >= 0.3 is 0 Å². The molecule has 0 spiro atoms. The van der Waals surface area contributed by atoms with Crippen LogP contribution >= 0.6 is 0 Å². The van der Waals surface area contributed by atoms with E-state index in [-0.39, 0.29) is 45.7 Å². The highest BCUT2D eigenvalue weighted by Gasteiger charge is 2.21. The molecule has 0 aliphatic heterocycles. The fraction of sp³-hybridized carbons (Fsp3) is 0. The number of hydrogen-bond acceptors (Lipinski definition) is 2. The summed E-state index contributed by atoms with van der Waals surface area (Å²) < 4.78 is 86.4. The van der Waals surface area contributed by atoms with E-state index in [0.717, 1.165) is 71.0 Å². The Bertz CT molecular complexity index is 3890. The maximum Gasteiger partial charge on any atom is 0.136 e. The summed E-state index contributed by atoms with van der Waals surface area (Å²) in [6.45, 7) is 0. The van der Waals surface area contributed by atoms with Crippen molar-refractivity contribution in [1.29, 1.82) is 0 Å². The van der Waals surface area contributed by atoms with Crippen molar-refractivity contribution in [2.75, 3.05) is 0 Å². The van der Waals surface area contributed by atoms with Crippen molar-refractivity contribution < 1.29 is 19.8 Å². The van der Waals surface area contributed by atoms with Gasteiger partial charge in [0, 0.05) is 21.5 Å². The topological polar surface area (TPSA) is 26.3 Å². The van der Waals surface area contributed by atoms with Crippen molar-refractivity contribution in [3.8, 4) is 33.4 Å². The van der Waals surface area contributed by atoms with Crippen molar-refractivity contribution >= 4 is 87.0 Å². The molecule has 250 valence electrons. The predicted octanol–water partition coefficient (Wildman–Crippen LogP) is 15.1. The largest absolute Gasteiger partial charge is 0.456 e. The van der Waals surface area contributed by atoms with Gasteiger partial charge in [0.2, 0.25) is 0 Å². The van der Waals surface area contributed by atoms with E-state index in [1.54, 1.807) is 0 Å². The lowest BCUT2D eigenvalue weighted by Crippen LogP contribution is -1.93. The quantitative estimate of drug-likeness (QED) is 0.172. The van der Waals surface area contributed by atoms with E-state index in [4.69, 9.17) is 14.3 Å². The molecule has 2 nitrogen and oxygen atoms in total. The van der Waals surface area contributed by atoms with Crippen LogP contribution in [0.3, 0.4) is 0 Å². The third-order valence-corrected chi connectivity index (χ3v) is 10.9. The minimum absolute atomic E-state index is 0.177. The van der Waals surface area contributed by atoms with Crippen LogP contribution in [-0.2, 0) is 0 Å². The summed E-state index contributed by atoms with van der Waals surface area (Å²) in [5.41, 5.74) is 6.62. The van der Waals surface area contributed by atoms with E-state index in [1.165, 1.54) is 0 Å². The lowest BCUT2D eigenvalue weighted by molar-refractivity contribution is 0.663. The molecule has 0 saturated heterocycles. The smallest absolute Gasteiger partial charge is 0.136 e. The van der Waals surface area contributed by atoms with Gasteiger partial charge in [-0.1, -0.05) is 151 Å². The Kier molecular flexibility index (Phi) is 4.70. The molecule has 2 heteroatoms. The van der Waals surface area contributed by atoms with Crippen molar-refractivity contribution in [3.05, 3.63) is 182 Å². The van der Waals surface area contributed by atoms with Crippen LogP contribution in [0.25, 0.3) is 120 Å². The number of benzene rings is 10. The summed E-state index contributed by atoms with van der Waals surface area (Å²) in [4.78, 5) is 0. The average Bonchev–Trinajstić information content (AvgIpc) is 3.87. The molecule has 0 unspecified atom stereocenters. The van der Waals surface area contributed by atoms with Gasteiger partial charge in [0.05, 0.1) is 11.0 Å². The van der Waals surface area contributed by atoms with Gasteiger partial charge in [-0.2, -0.15) is 0 Å². The SMILES string of the molecule is [2H]c1c([2H])c([2H])c2c(-c3ccc(-c4ccc5c(c4)oc4ccc6oc7ccccc7c6c45)c4ccccc34)c3c([2H])c([2H])c([2H])c([2H])c3c(-c3cccc4ccccc34)c2c1[2H]. The summed E-state index contributed by atoms with van der Waals surface area (Å²) in [5.74, 6) is 0. The number of para-hydroxylation sites is 1. The fourth-order valence-corrected chi connectivity index (χ4v) is 8.63. The van der Waals surface area contributed by atoms with Gasteiger partial charge in [0.1, 0.15) is 22.3 Å². The first-order valence-corrected chi connectivity index (χ1v) is 17.9. The van der Waals surface area contributed by atoms with Gasteiger partial charge in [-0.05, 0) is 107 Å². The zero-order valence-corrected chi connectivity index (χ0v) is 28.5. The Labute approximate surface area is 321 Å². The zero-order valence-electron chi connectivity index (χ0n) is 36.5. The average molecular weight is 695 g/mol. The van der Waals surface area contributed by atoms with E-state index in [2.05, 4.69) is 18.2 Å². The molecule has 0 radical (unpaired) electrons. The minimum Gasteiger partial charge on any atom is -0.456 e. The van der Waals surface area contributed by atoms with Crippen molar-refractivity contribution in [2.45, 2.75) is 0 Å². The van der Waals surface area contributed by atoms with Gasteiger partial charge in [-0.25, -0.2) is 0 Å². The molecule has 2 aromatic heterocycles. The van der Waals surface area contributed by atoms with Crippen LogP contribution in [0.1, 0.15) is 11.0 Å². The first-order valence-electron chi connectivity index (χ1n) is 21.9. The first-order chi connectivity index (χ1) is 30.1. The number of hydrogen-bond donors (Lipinski definition) is 0. The molecule has 54 heavy (non-hydrogen) atoms. The van der Waals surface area contributed by atoms with Gasteiger partial charge in [-0.15, -0.1) is 0 Å². The molecular weight excluding hydrogens is 657 g/mol. The van der Waals surface area contributed by atoms with Crippen LogP contribution in [0, 0.1) is 0 Å². The Morgan fingerprint density at radius 3 is 1.52 bits per heavy atom. The highest BCUT2D eigenvalue weighted by Crippen LogP contribution is 2.48. The van der Waals surface area contributed by atoms with Crippen LogP contribution in [0.4, 0.5) is 0 Å².